The van der Waals surface area contributed by atoms with E-state index in [0.29, 0.717) is 5.92 Å². The summed E-state index contributed by atoms with van der Waals surface area (Å²) in [6.45, 7) is 2.17. The van der Waals surface area contributed by atoms with Crippen molar-refractivity contribution in [3.63, 3.8) is 0 Å². The maximum Gasteiger partial charge on any atom is 0.137 e. The number of imidazole rings is 1. The topological polar surface area (TPSA) is 29.3 Å². The first-order chi connectivity index (χ1) is 7.34. The Hall–Kier alpha value is -0.870. The van der Waals surface area contributed by atoms with Crippen molar-refractivity contribution in [1.82, 2.24) is 14.7 Å². The van der Waals surface area contributed by atoms with Crippen LogP contribution in [-0.2, 0) is 0 Å². The number of hydrogen-bond acceptors (Lipinski definition) is 2. The van der Waals surface area contributed by atoms with Gasteiger partial charge in [-0.2, -0.15) is 0 Å². The monoisotopic (exact) mass is 265 g/mol. The second kappa shape index (κ2) is 3.61. The number of rotatable bonds is 1. The zero-order chi connectivity index (χ0) is 10.3. The van der Waals surface area contributed by atoms with E-state index in [1.807, 2.05) is 18.2 Å². The number of nitrogens with one attached hydrogen (secondary N) is 1. The van der Waals surface area contributed by atoms with Crippen molar-refractivity contribution in [2.45, 2.75) is 12.3 Å². The molecule has 3 nitrogen and oxygen atoms in total. The van der Waals surface area contributed by atoms with Gasteiger partial charge in [0.25, 0.3) is 0 Å². The van der Waals surface area contributed by atoms with Gasteiger partial charge in [0, 0.05) is 18.7 Å². The van der Waals surface area contributed by atoms with Crippen LogP contribution in [0.3, 0.4) is 0 Å². The van der Waals surface area contributed by atoms with Crippen LogP contribution < -0.4 is 5.32 Å². The Labute approximate surface area is 96.6 Å². The summed E-state index contributed by atoms with van der Waals surface area (Å²) in [5.41, 5.74) is 2.22. The molecule has 3 heterocycles. The molecule has 1 N–H and O–H groups in total. The Morgan fingerprint density at radius 3 is 3.13 bits per heavy atom. The van der Waals surface area contributed by atoms with Crippen LogP contribution in [0.1, 0.15) is 18.0 Å². The fourth-order valence-electron chi connectivity index (χ4n) is 2.10. The highest BCUT2D eigenvalue weighted by molar-refractivity contribution is 9.10. The molecule has 2 aromatic rings. The van der Waals surface area contributed by atoms with E-state index in [9.17, 15) is 0 Å². The van der Waals surface area contributed by atoms with Gasteiger partial charge in [-0.05, 0) is 41.0 Å². The van der Waals surface area contributed by atoms with Crippen LogP contribution in [0.15, 0.2) is 29.0 Å². The van der Waals surface area contributed by atoms with Crippen LogP contribution >= 0.6 is 15.9 Å². The predicted octanol–water partition coefficient (Wildman–Crippen LogP) is 2.17. The standard InChI is InChI=1S/C11H12BrN3/c12-10-2-1-3-11-14-9(7-15(10)11)8-4-5-13-6-8/h1-3,7-8,13H,4-6H2. The van der Waals surface area contributed by atoms with Gasteiger partial charge in [-0.15, -0.1) is 0 Å². The molecule has 15 heavy (non-hydrogen) atoms. The third kappa shape index (κ3) is 1.58. The first-order valence-electron chi connectivity index (χ1n) is 5.19. The number of halogens is 1. The summed E-state index contributed by atoms with van der Waals surface area (Å²) < 4.78 is 3.15. The van der Waals surface area contributed by atoms with E-state index in [4.69, 9.17) is 0 Å². The van der Waals surface area contributed by atoms with Crippen molar-refractivity contribution < 1.29 is 0 Å². The smallest absolute Gasteiger partial charge is 0.137 e. The normalized spacial score (nSPS) is 21.3. The van der Waals surface area contributed by atoms with Gasteiger partial charge in [0.05, 0.1) is 10.3 Å². The Balaban J connectivity index is 2.09. The molecule has 1 aliphatic heterocycles. The third-order valence-electron chi connectivity index (χ3n) is 2.94. The minimum atomic E-state index is 0.580. The minimum absolute atomic E-state index is 0.580. The van der Waals surface area contributed by atoms with Gasteiger partial charge in [0.2, 0.25) is 0 Å². The lowest BCUT2D eigenvalue weighted by Gasteiger charge is -2.01. The second-order valence-corrected chi connectivity index (χ2v) is 4.74. The lowest BCUT2D eigenvalue weighted by atomic mass is 10.1. The van der Waals surface area contributed by atoms with E-state index in [-0.39, 0.29) is 0 Å². The van der Waals surface area contributed by atoms with Gasteiger partial charge in [0.15, 0.2) is 0 Å². The molecule has 1 fully saturated rings. The molecule has 4 heteroatoms. The molecule has 1 unspecified atom stereocenters. The van der Waals surface area contributed by atoms with Gasteiger partial charge in [-0.1, -0.05) is 6.07 Å². The van der Waals surface area contributed by atoms with Crippen molar-refractivity contribution in [3.8, 4) is 0 Å². The number of pyridine rings is 1. The number of fused-ring (bicyclic) bond motifs is 1. The molecule has 0 bridgehead atoms. The summed E-state index contributed by atoms with van der Waals surface area (Å²) in [6, 6.07) is 6.09. The summed E-state index contributed by atoms with van der Waals surface area (Å²) >= 11 is 3.53. The lowest BCUT2D eigenvalue weighted by molar-refractivity contribution is 0.741. The molecule has 78 valence electrons. The average molecular weight is 266 g/mol. The van der Waals surface area contributed by atoms with Crippen molar-refractivity contribution in [1.29, 1.82) is 0 Å². The number of hydrogen-bond donors (Lipinski definition) is 1. The van der Waals surface area contributed by atoms with Crippen LogP contribution in [-0.4, -0.2) is 22.5 Å². The van der Waals surface area contributed by atoms with Gasteiger partial charge < -0.3 is 5.32 Å². The molecule has 0 saturated carbocycles. The predicted molar refractivity (Wildman–Crippen MR) is 63.1 cm³/mol. The largest absolute Gasteiger partial charge is 0.316 e. The molecule has 0 aliphatic carbocycles. The van der Waals surface area contributed by atoms with Crippen molar-refractivity contribution in [2.24, 2.45) is 0 Å². The van der Waals surface area contributed by atoms with Crippen LogP contribution in [0.5, 0.6) is 0 Å². The zero-order valence-corrected chi connectivity index (χ0v) is 9.87. The SMILES string of the molecule is Brc1cccc2nc(C3CCNC3)cn12. The molecule has 0 spiro atoms. The van der Waals surface area contributed by atoms with Crippen LogP contribution in [0.2, 0.25) is 0 Å². The molecule has 2 aromatic heterocycles. The number of aromatic nitrogens is 2. The van der Waals surface area contributed by atoms with Crippen LogP contribution in [0.4, 0.5) is 0 Å². The lowest BCUT2D eigenvalue weighted by Crippen LogP contribution is -2.07. The highest BCUT2D eigenvalue weighted by Gasteiger charge is 2.19. The van der Waals surface area contributed by atoms with Crippen LogP contribution in [0.25, 0.3) is 5.65 Å². The fourth-order valence-corrected chi connectivity index (χ4v) is 2.54. The van der Waals surface area contributed by atoms with E-state index in [1.165, 1.54) is 12.1 Å². The molecular formula is C11H12BrN3. The van der Waals surface area contributed by atoms with Crippen molar-refractivity contribution in [3.05, 3.63) is 34.7 Å². The van der Waals surface area contributed by atoms with E-state index in [0.717, 1.165) is 23.3 Å². The summed E-state index contributed by atoms with van der Waals surface area (Å²) in [4.78, 5) is 4.65. The summed E-state index contributed by atoms with van der Waals surface area (Å²) in [5, 5.41) is 3.37. The summed E-state index contributed by atoms with van der Waals surface area (Å²) in [7, 11) is 0. The highest BCUT2D eigenvalue weighted by atomic mass is 79.9. The van der Waals surface area contributed by atoms with Gasteiger partial charge in [-0.25, -0.2) is 4.98 Å². The Bertz CT molecular complexity index is 486. The van der Waals surface area contributed by atoms with E-state index < -0.39 is 0 Å². The van der Waals surface area contributed by atoms with E-state index in [1.54, 1.807) is 0 Å². The average Bonchev–Trinajstić information content (AvgIpc) is 2.86. The third-order valence-corrected chi connectivity index (χ3v) is 3.59. The first-order valence-corrected chi connectivity index (χ1v) is 5.98. The molecule has 3 rings (SSSR count). The first kappa shape index (κ1) is 9.36. The molecule has 1 atom stereocenters. The quantitative estimate of drug-likeness (QED) is 0.801. The van der Waals surface area contributed by atoms with E-state index >= 15 is 0 Å². The Kier molecular flexibility index (Phi) is 2.25. The number of nitrogens with zero attached hydrogens (tertiary/aromatic N) is 2. The summed E-state index contributed by atoms with van der Waals surface area (Å²) in [5.74, 6) is 0.580. The molecule has 0 radical (unpaired) electrons. The van der Waals surface area contributed by atoms with Gasteiger partial charge in [0.1, 0.15) is 5.65 Å². The van der Waals surface area contributed by atoms with E-state index in [2.05, 4.69) is 36.8 Å². The van der Waals surface area contributed by atoms with Crippen molar-refractivity contribution >= 4 is 21.6 Å². The Morgan fingerprint density at radius 2 is 2.40 bits per heavy atom. The highest BCUT2D eigenvalue weighted by Crippen LogP contribution is 2.23. The Morgan fingerprint density at radius 1 is 1.47 bits per heavy atom. The van der Waals surface area contributed by atoms with Crippen molar-refractivity contribution in [2.75, 3.05) is 13.1 Å². The molecule has 1 saturated heterocycles. The fraction of sp³-hybridized carbons (Fsp3) is 0.364. The molecule has 0 aromatic carbocycles. The maximum atomic E-state index is 4.65. The maximum absolute atomic E-state index is 4.65. The van der Waals surface area contributed by atoms with Crippen LogP contribution in [0, 0.1) is 0 Å². The summed E-state index contributed by atoms with van der Waals surface area (Å²) in [6.07, 6.45) is 3.33. The molecule has 0 amide bonds. The second-order valence-electron chi connectivity index (χ2n) is 3.93. The van der Waals surface area contributed by atoms with Gasteiger partial charge in [-0.3, -0.25) is 4.40 Å². The minimum Gasteiger partial charge on any atom is -0.316 e. The molecular weight excluding hydrogens is 254 g/mol. The molecule has 1 aliphatic rings. The zero-order valence-electron chi connectivity index (χ0n) is 8.28. The van der Waals surface area contributed by atoms with Gasteiger partial charge >= 0.3 is 0 Å².